The van der Waals surface area contributed by atoms with Gasteiger partial charge in [-0.15, -0.1) is 0 Å². The van der Waals surface area contributed by atoms with Gasteiger partial charge in [-0.1, -0.05) is 47.5 Å². The van der Waals surface area contributed by atoms with Gasteiger partial charge < -0.3 is 18.9 Å². The van der Waals surface area contributed by atoms with E-state index in [9.17, 15) is 0 Å². The molecule has 0 saturated carbocycles. The highest BCUT2D eigenvalue weighted by atomic mass is 35.5. The minimum absolute atomic E-state index is 0.0132. The summed E-state index contributed by atoms with van der Waals surface area (Å²) in [6.45, 7) is 0. The van der Waals surface area contributed by atoms with Crippen LogP contribution in [0.3, 0.4) is 0 Å². The third kappa shape index (κ3) is 3.73. The summed E-state index contributed by atoms with van der Waals surface area (Å²) in [6.07, 6.45) is 0.185. The van der Waals surface area contributed by atoms with Gasteiger partial charge in [0.2, 0.25) is 12.0 Å². The zero-order valence-electron chi connectivity index (χ0n) is 18.3. The Kier molecular flexibility index (Phi) is 5.72. The number of ether oxygens (including phenoxy) is 4. The topological polar surface area (TPSA) is 52.5 Å². The van der Waals surface area contributed by atoms with Crippen molar-refractivity contribution in [2.24, 2.45) is 5.10 Å². The van der Waals surface area contributed by atoms with Crippen molar-refractivity contribution >= 4 is 28.9 Å². The zero-order chi connectivity index (χ0) is 23.1. The minimum Gasteiger partial charge on any atom is -0.493 e. The van der Waals surface area contributed by atoms with E-state index in [1.807, 2.05) is 47.5 Å². The van der Waals surface area contributed by atoms with Crippen molar-refractivity contribution in [3.05, 3.63) is 81.3 Å². The molecule has 0 aliphatic carbocycles. The molecule has 0 fully saturated rings. The Balaban J connectivity index is 1.63. The highest BCUT2D eigenvalue weighted by molar-refractivity contribution is 6.37. The highest BCUT2D eigenvalue weighted by Gasteiger charge is 2.41. The van der Waals surface area contributed by atoms with Gasteiger partial charge in [-0.3, -0.25) is 0 Å². The second-order valence-corrected chi connectivity index (χ2v) is 8.58. The minimum atomic E-state index is -0.498. The normalized spacial score (nSPS) is 18.7. The van der Waals surface area contributed by atoms with E-state index in [1.165, 1.54) is 0 Å². The van der Waals surface area contributed by atoms with Crippen LogP contribution in [-0.2, 0) is 0 Å². The Morgan fingerprint density at radius 1 is 0.939 bits per heavy atom. The molecule has 3 aromatic carbocycles. The molecule has 0 saturated heterocycles. The van der Waals surface area contributed by atoms with Crippen LogP contribution >= 0.6 is 23.2 Å². The fourth-order valence-corrected chi connectivity index (χ4v) is 4.90. The lowest BCUT2D eigenvalue weighted by molar-refractivity contribution is -0.0192. The molecule has 0 aromatic heterocycles. The first-order chi connectivity index (χ1) is 16.0. The maximum Gasteiger partial charge on any atom is 0.214 e. The molecule has 0 spiro atoms. The maximum atomic E-state index is 6.51. The lowest BCUT2D eigenvalue weighted by Gasteiger charge is -2.38. The highest BCUT2D eigenvalue weighted by Crippen LogP contribution is 2.50. The van der Waals surface area contributed by atoms with Crippen LogP contribution in [-0.4, -0.2) is 32.0 Å². The molecule has 5 rings (SSSR count). The van der Waals surface area contributed by atoms with Crippen LogP contribution in [0.25, 0.3) is 0 Å². The first-order valence-corrected chi connectivity index (χ1v) is 11.2. The molecular formula is C25H22Cl2N2O4. The molecule has 0 bridgehead atoms. The van der Waals surface area contributed by atoms with Gasteiger partial charge in [0.1, 0.15) is 5.75 Å². The molecule has 170 valence electrons. The van der Waals surface area contributed by atoms with Crippen LogP contribution in [0.4, 0.5) is 0 Å². The fourth-order valence-electron chi connectivity index (χ4n) is 4.38. The number of fused-ring (bicyclic) bond motifs is 3. The van der Waals surface area contributed by atoms with Crippen molar-refractivity contribution in [2.45, 2.75) is 18.7 Å². The Morgan fingerprint density at radius 2 is 1.67 bits per heavy atom. The van der Waals surface area contributed by atoms with E-state index in [4.69, 9.17) is 47.3 Å². The second kappa shape index (κ2) is 8.69. The van der Waals surface area contributed by atoms with Crippen molar-refractivity contribution in [3.63, 3.8) is 0 Å². The van der Waals surface area contributed by atoms with E-state index in [1.54, 1.807) is 27.4 Å². The van der Waals surface area contributed by atoms with E-state index in [0.717, 1.165) is 28.2 Å². The Labute approximate surface area is 202 Å². The van der Waals surface area contributed by atoms with Gasteiger partial charge >= 0.3 is 0 Å². The van der Waals surface area contributed by atoms with Gasteiger partial charge in [0, 0.05) is 28.1 Å². The number of hydrogen-bond donors (Lipinski definition) is 0. The van der Waals surface area contributed by atoms with E-state index >= 15 is 0 Å². The Hall–Kier alpha value is -3.09. The molecule has 0 amide bonds. The molecule has 2 aliphatic rings. The van der Waals surface area contributed by atoms with E-state index in [-0.39, 0.29) is 6.04 Å². The number of hydrazone groups is 1. The van der Waals surface area contributed by atoms with Crippen LogP contribution in [0.1, 0.15) is 35.4 Å². The summed E-state index contributed by atoms with van der Waals surface area (Å²) in [6, 6.07) is 17.2. The summed E-state index contributed by atoms with van der Waals surface area (Å²) in [5, 5.41) is 8.10. The number of rotatable bonds is 5. The van der Waals surface area contributed by atoms with Gasteiger partial charge in [0.25, 0.3) is 0 Å². The molecule has 0 radical (unpaired) electrons. The predicted octanol–water partition coefficient (Wildman–Crippen LogP) is 6.26. The molecule has 6 nitrogen and oxygen atoms in total. The van der Waals surface area contributed by atoms with Crippen molar-refractivity contribution in [2.75, 3.05) is 21.3 Å². The van der Waals surface area contributed by atoms with Crippen LogP contribution in [0.5, 0.6) is 23.0 Å². The molecule has 2 heterocycles. The van der Waals surface area contributed by atoms with Gasteiger partial charge in [-0.2, -0.15) is 5.10 Å². The van der Waals surface area contributed by atoms with Crippen LogP contribution in [0.15, 0.2) is 59.7 Å². The predicted molar refractivity (Wildman–Crippen MR) is 128 cm³/mol. The maximum absolute atomic E-state index is 6.51. The smallest absolute Gasteiger partial charge is 0.214 e. The first-order valence-electron chi connectivity index (χ1n) is 10.4. The average molecular weight is 485 g/mol. The molecule has 8 heteroatoms. The number of methoxy groups -OCH3 is 3. The molecule has 0 N–H and O–H groups in total. The Morgan fingerprint density at radius 3 is 2.33 bits per heavy atom. The summed E-state index contributed by atoms with van der Waals surface area (Å²) in [7, 11) is 4.77. The summed E-state index contributed by atoms with van der Waals surface area (Å²) >= 11 is 12.6. The lowest BCUT2D eigenvalue weighted by Crippen LogP contribution is -2.33. The average Bonchev–Trinajstić information content (AvgIpc) is 3.27. The number of hydrogen-bond acceptors (Lipinski definition) is 6. The van der Waals surface area contributed by atoms with Crippen LogP contribution in [0, 0.1) is 0 Å². The van der Waals surface area contributed by atoms with E-state index < -0.39 is 6.23 Å². The summed E-state index contributed by atoms with van der Waals surface area (Å²) in [5.41, 5.74) is 3.64. The van der Waals surface area contributed by atoms with E-state index in [0.29, 0.717) is 33.7 Å². The summed E-state index contributed by atoms with van der Waals surface area (Å²) < 4.78 is 23.1. The molecule has 2 aliphatic heterocycles. The summed E-state index contributed by atoms with van der Waals surface area (Å²) in [5.74, 6) is 2.44. The first kappa shape index (κ1) is 21.7. The molecular weight excluding hydrogens is 463 g/mol. The molecule has 0 unspecified atom stereocenters. The van der Waals surface area contributed by atoms with Gasteiger partial charge in [0.05, 0.1) is 38.1 Å². The van der Waals surface area contributed by atoms with Crippen molar-refractivity contribution < 1.29 is 18.9 Å². The largest absolute Gasteiger partial charge is 0.493 e. The Bertz CT molecular complexity index is 1220. The quantitative estimate of drug-likeness (QED) is 0.427. The molecule has 33 heavy (non-hydrogen) atoms. The molecule has 3 aromatic rings. The number of halogens is 2. The van der Waals surface area contributed by atoms with Gasteiger partial charge in [-0.05, 0) is 30.3 Å². The number of para-hydroxylation sites is 1. The van der Waals surface area contributed by atoms with Crippen molar-refractivity contribution in [1.82, 2.24) is 5.01 Å². The van der Waals surface area contributed by atoms with Crippen LogP contribution < -0.4 is 18.9 Å². The van der Waals surface area contributed by atoms with Gasteiger partial charge in [-0.25, -0.2) is 5.01 Å². The monoisotopic (exact) mass is 484 g/mol. The summed E-state index contributed by atoms with van der Waals surface area (Å²) in [4.78, 5) is 0. The third-order valence-corrected chi connectivity index (χ3v) is 6.46. The number of nitrogens with zero attached hydrogens (tertiary/aromatic N) is 2. The van der Waals surface area contributed by atoms with Crippen molar-refractivity contribution in [1.29, 1.82) is 0 Å². The number of benzene rings is 3. The lowest BCUT2D eigenvalue weighted by atomic mass is 9.96. The van der Waals surface area contributed by atoms with E-state index in [2.05, 4.69) is 6.07 Å². The molecule has 2 atom stereocenters. The standard InChI is InChI=1S/C25H22Cl2N2O4/c1-30-22-10-14(11-23(31-2)24(22)32-3)25-29-20(17-6-4-5-7-21(17)33-25)13-19(28-29)16-9-8-15(26)12-18(16)27/h4-12,20,25H,13H2,1-3H3/t20-,25-/m1/s1. The van der Waals surface area contributed by atoms with Gasteiger partial charge in [0.15, 0.2) is 11.5 Å². The zero-order valence-corrected chi connectivity index (χ0v) is 19.9. The van der Waals surface area contributed by atoms with Crippen molar-refractivity contribution in [3.8, 4) is 23.0 Å². The second-order valence-electron chi connectivity index (χ2n) is 7.74. The third-order valence-electron chi connectivity index (χ3n) is 5.91. The fraction of sp³-hybridized carbons (Fsp3) is 0.240. The SMILES string of the molecule is COc1cc([C@H]2Oc3ccccc3[C@H]3CC(c4ccc(Cl)cc4Cl)=NN32)cc(OC)c1OC. The van der Waals surface area contributed by atoms with Crippen LogP contribution in [0.2, 0.25) is 10.0 Å².